The van der Waals surface area contributed by atoms with Gasteiger partial charge in [-0.05, 0) is 38.6 Å². The molecule has 0 fully saturated rings. The number of oxazole rings is 1. The smallest absolute Gasteiger partial charge is 0.195 e. The lowest BCUT2D eigenvalue weighted by Crippen LogP contribution is -2.08. The fourth-order valence-corrected chi connectivity index (χ4v) is 1.57. The lowest BCUT2D eigenvalue weighted by molar-refractivity contribution is 0.474. The van der Waals surface area contributed by atoms with E-state index in [1.165, 1.54) is 0 Å². The molecule has 0 aliphatic carbocycles. The van der Waals surface area contributed by atoms with Crippen molar-refractivity contribution in [3.8, 4) is 11.5 Å². The first-order chi connectivity index (χ1) is 7.81. The van der Waals surface area contributed by atoms with E-state index >= 15 is 0 Å². The van der Waals surface area contributed by atoms with Crippen molar-refractivity contribution >= 4 is 0 Å². The van der Waals surface area contributed by atoms with Crippen molar-refractivity contribution in [2.24, 2.45) is 0 Å². The van der Waals surface area contributed by atoms with Crippen molar-refractivity contribution < 1.29 is 8.83 Å². The highest BCUT2D eigenvalue weighted by Crippen LogP contribution is 2.24. The molecule has 2 aromatic heterocycles. The summed E-state index contributed by atoms with van der Waals surface area (Å²) in [5, 5.41) is 3.09. The third-order valence-electron chi connectivity index (χ3n) is 2.46. The third kappa shape index (κ3) is 2.33. The zero-order valence-electron chi connectivity index (χ0n) is 9.62. The highest BCUT2D eigenvalue weighted by Gasteiger charge is 2.11. The van der Waals surface area contributed by atoms with Crippen LogP contribution in [0.2, 0.25) is 0 Å². The Kier molecular flexibility index (Phi) is 3.41. The predicted octanol–water partition coefficient (Wildman–Crippen LogP) is 2.40. The quantitative estimate of drug-likeness (QED) is 0.786. The molecule has 2 aromatic rings. The van der Waals surface area contributed by atoms with Gasteiger partial charge in [0.25, 0.3) is 0 Å². The average Bonchev–Trinajstić information content (AvgIpc) is 2.87. The Balaban J connectivity index is 2.05. The number of aryl methyl sites for hydroxylation is 2. The molecule has 4 heteroatoms. The van der Waals surface area contributed by atoms with Crippen molar-refractivity contribution in [1.82, 2.24) is 10.3 Å². The molecule has 0 aromatic carbocycles. The SMILES string of the molecule is CNCCCc1ncc(-c2occc2C)o1. The molecule has 0 unspecified atom stereocenters. The van der Waals surface area contributed by atoms with E-state index in [-0.39, 0.29) is 0 Å². The molecular formula is C12H16N2O2. The van der Waals surface area contributed by atoms with E-state index in [1.54, 1.807) is 12.5 Å². The van der Waals surface area contributed by atoms with Gasteiger partial charge in [-0.3, -0.25) is 0 Å². The fraction of sp³-hybridized carbons (Fsp3) is 0.417. The number of aromatic nitrogens is 1. The summed E-state index contributed by atoms with van der Waals surface area (Å²) in [5.74, 6) is 2.25. The number of nitrogens with zero attached hydrogens (tertiary/aromatic N) is 1. The van der Waals surface area contributed by atoms with Crippen LogP contribution in [0.4, 0.5) is 0 Å². The molecule has 0 saturated heterocycles. The fourth-order valence-electron chi connectivity index (χ4n) is 1.57. The molecular weight excluding hydrogens is 204 g/mol. The summed E-state index contributed by atoms with van der Waals surface area (Å²) in [6.45, 7) is 2.96. The molecule has 0 amide bonds. The summed E-state index contributed by atoms with van der Waals surface area (Å²) < 4.78 is 11.0. The van der Waals surface area contributed by atoms with Crippen molar-refractivity contribution in [2.75, 3.05) is 13.6 Å². The largest absolute Gasteiger partial charge is 0.461 e. The molecule has 0 atom stereocenters. The van der Waals surface area contributed by atoms with Gasteiger partial charge in [0, 0.05) is 6.42 Å². The van der Waals surface area contributed by atoms with Crippen molar-refractivity contribution in [1.29, 1.82) is 0 Å². The summed E-state index contributed by atoms with van der Waals surface area (Å²) in [4.78, 5) is 4.23. The van der Waals surface area contributed by atoms with E-state index < -0.39 is 0 Å². The van der Waals surface area contributed by atoms with E-state index in [4.69, 9.17) is 8.83 Å². The zero-order chi connectivity index (χ0) is 11.4. The van der Waals surface area contributed by atoms with Gasteiger partial charge < -0.3 is 14.2 Å². The molecule has 86 valence electrons. The first kappa shape index (κ1) is 11.0. The zero-order valence-corrected chi connectivity index (χ0v) is 9.62. The molecule has 4 nitrogen and oxygen atoms in total. The van der Waals surface area contributed by atoms with Gasteiger partial charge in [0.1, 0.15) is 0 Å². The first-order valence-electron chi connectivity index (χ1n) is 5.45. The maximum absolute atomic E-state index is 5.62. The van der Waals surface area contributed by atoms with Crippen LogP contribution in [0.25, 0.3) is 11.5 Å². The van der Waals surface area contributed by atoms with Crippen molar-refractivity contribution in [2.45, 2.75) is 19.8 Å². The minimum absolute atomic E-state index is 0.710. The van der Waals surface area contributed by atoms with Crippen molar-refractivity contribution in [3.05, 3.63) is 30.0 Å². The van der Waals surface area contributed by atoms with Crippen LogP contribution in [0.15, 0.2) is 27.4 Å². The summed E-state index contributed by atoms with van der Waals surface area (Å²) in [5.41, 5.74) is 1.07. The standard InChI is InChI=1S/C12H16N2O2/c1-9-5-7-15-12(9)10-8-14-11(16-10)4-3-6-13-2/h5,7-8,13H,3-4,6H2,1-2H3. The predicted molar refractivity (Wildman–Crippen MR) is 61.2 cm³/mol. The number of hydrogen-bond donors (Lipinski definition) is 1. The molecule has 1 N–H and O–H groups in total. The van der Waals surface area contributed by atoms with Crippen LogP contribution >= 0.6 is 0 Å². The lowest BCUT2D eigenvalue weighted by atomic mass is 10.2. The molecule has 0 radical (unpaired) electrons. The van der Waals surface area contributed by atoms with E-state index in [0.29, 0.717) is 5.76 Å². The van der Waals surface area contributed by atoms with Crippen LogP contribution in [-0.4, -0.2) is 18.6 Å². The van der Waals surface area contributed by atoms with Gasteiger partial charge in [-0.1, -0.05) is 0 Å². The van der Waals surface area contributed by atoms with Crippen LogP contribution in [0.1, 0.15) is 17.9 Å². The normalized spacial score (nSPS) is 10.9. The average molecular weight is 220 g/mol. The number of rotatable bonds is 5. The van der Waals surface area contributed by atoms with E-state index in [2.05, 4.69) is 10.3 Å². The van der Waals surface area contributed by atoms with Crippen molar-refractivity contribution in [3.63, 3.8) is 0 Å². The van der Waals surface area contributed by atoms with Gasteiger partial charge in [-0.15, -0.1) is 0 Å². The van der Waals surface area contributed by atoms with Gasteiger partial charge >= 0.3 is 0 Å². The first-order valence-corrected chi connectivity index (χ1v) is 5.45. The van der Waals surface area contributed by atoms with E-state index in [0.717, 1.165) is 36.6 Å². The molecule has 0 bridgehead atoms. The maximum atomic E-state index is 5.62. The van der Waals surface area contributed by atoms with Gasteiger partial charge in [0.2, 0.25) is 0 Å². The minimum Gasteiger partial charge on any atom is -0.461 e. The van der Waals surface area contributed by atoms with Crippen LogP contribution in [0.5, 0.6) is 0 Å². The number of hydrogen-bond acceptors (Lipinski definition) is 4. The number of furan rings is 1. The lowest BCUT2D eigenvalue weighted by Gasteiger charge is -1.95. The molecule has 0 saturated carbocycles. The molecule has 2 heterocycles. The monoisotopic (exact) mass is 220 g/mol. The van der Waals surface area contributed by atoms with Crippen LogP contribution in [0.3, 0.4) is 0 Å². The summed E-state index contributed by atoms with van der Waals surface area (Å²) in [7, 11) is 1.94. The molecule has 0 aliphatic rings. The summed E-state index contributed by atoms with van der Waals surface area (Å²) >= 11 is 0. The van der Waals surface area contributed by atoms with Crippen LogP contribution < -0.4 is 5.32 Å². The van der Waals surface area contributed by atoms with E-state index in [9.17, 15) is 0 Å². The van der Waals surface area contributed by atoms with Gasteiger partial charge in [-0.2, -0.15) is 0 Å². The minimum atomic E-state index is 0.710. The third-order valence-corrected chi connectivity index (χ3v) is 2.46. The molecule has 0 aliphatic heterocycles. The second kappa shape index (κ2) is 4.99. The maximum Gasteiger partial charge on any atom is 0.195 e. The van der Waals surface area contributed by atoms with E-state index in [1.807, 2.05) is 20.0 Å². The second-order valence-electron chi connectivity index (χ2n) is 3.76. The van der Waals surface area contributed by atoms with Gasteiger partial charge in [0.05, 0.1) is 12.5 Å². The topological polar surface area (TPSA) is 51.2 Å². The summed E-state index contributed by atoms with van der Waals surface area (Å²) in [6, 6.07) is 1.92. The highest BCUT2D eigenvalue weighted by atomic mass is 16.4. The Labute approximate surface area is 94.7 Å². The molecule has 0 spiro atoms. The Morgan fingerprint density at radius 3 is 3.00 bits per heavy atom. The van der Waals surface area contributed by atoms with Crippen LogP contribution in [0, 0.1) is 6.92 Å². The second-order valence-corrected chi connectivity index (χ2v) is 3.76. The Hall–Kier alpha value is -1.55. The Bertz CT molecular complexity index is 445. The van der Waals surface area contributed by atoms with Crippen LogP contribution in [-0.2, 0) is 6.42 Å². The van der Waals surface area contributed by atoms with Gasteiger partial charge in [0.15, 0.2) is 17.4 Å². The summed E-state index contributed by atoms with van der Waals surface area (Å²) in [6.07, 6.45) is 5.25. The Morgan fingerprint density at radius 2 is 2.31 bits per heavy atom. The highest BCUT2D eigenvalue weighted by molar-refractivity contribution is 5.53. The molecule has 2 rings (SSSR count). The Morgan fingerprint density at radius 1 is 1.44 bits per heavy atom. The number of nitrogens with one attached hydrogen (secondary N) is 1. The molecule has 16 heavy (non-hydrogen) atoms. The van der Waals surface area contributed by atoms with Gasteiger partial charge in [-0.25, -0.2) is 4.98 Å².